The fourth-order valence-electron chi connectivity index (χ4n) is 3.23. The van der Waals surface area contributed by atoms with Crippen LogP contribution in [-0.2, 0) is 10.2 Å². The Hall–Kier alpha value is -1.69. The van der Waals surface area contributed by atoms with Crippen molar-refractivity contribution >= 4 is 28.7 Å². The van der Waals surface area contributed by atoms with Crippen LogP contribution in [0.3, 0.4) is 0 Å². The van der Waals surface area contributed by atoms with Gasteiger partial charge in [-0.25, -0.2) is 4.79 Å². The Morgan fingerprint density at radius 2 is 2.04 bits per heavy atom. The van der Waals surface area contributed by atoms with Crippen LogP contribution in [0.5, 0.6) is 0 Å². The number of amidine groups is 1. The van der Waals surface area contributed by atoms with Gasteiger partial charge < -0.3 is 10.5 Å². The first kappa shape index (κ1) is 19.6. The highest BCUT2D eigenvalue weighted by Gasteiger charge is 2.35. The normalized spacial score (nSPS) is 17.4. The zero-order valence-electron chi connectivity index (χ0n) is 15.6. The number of thioether (sulfide) groups is 1. The molecular weight excluding hydrogens is 334 g/mol. The van der Waals surface area contributed by atoms with Crippen LogP contribution >= 0.6 is 11.8 Å². The molecule has 1 aliphatic rings. The predicted molar refractivity (Wildman–Crippen MR) is 106 cm³/mol. The molecule has 0 unspecified atom stereocenters. The first-order chi connectivity index (χ1) is 11.7. The second kappa shape index (κ2) is 8.13. The van der Waals surface area contributed by atoms with Gasteiger partial charge in [-0.1, -0.05) is 36.7 Å². The number of carbonyl (C=O) groups is 1. The van der Waals surface area contributed by atoms with Crippen LogP contribution < -0.4 is 11.1 Å². The highest BCUT2D eigenvalue weighted by atomic mass is 32.2. The molecule has 0 aliphatic heterocycles. The van der Waals surface area contributed by atoms with E-state index in [1.807, 2.05) is 39.2 Å². The van der Waals surface area contributed by atoms with Crippen LogP contribution in [0.25, 0.3) is 0 Å². The second-order valence-electron chi connectivity index (χ2n) is 7.57. The third-order valence-corrected chi connectivity index (χ3v) is 5.00. The number of hydrogen-bond acceptors (Lipinski definition) is 5. The van der Waals surface area contributed by atoms with Crippen LogP contribution in [0.2, 0.25) is 0 Å². The van der Waals surface area contributed by atoms with Gasteiger partial charge in [0.25, 0.3) is 0 Å². The number of amides is 1. The molecule has 1 saturated carbocycles. The van der Waals surface area contributed by atoms with E-state index in [4.69, 9.17) is 15.5 Å². The van der Waals surface area contributed by atoms with Crippen molar-refractivity contribution in [1.29, 1.82) is 0 Å². The fourth-order valence-corrected chi connectivity index (χ4v) is 3.61. The number of carbonyl (C=O) groups excluding carboxylic acids is 1. The number of alkyl carbamates (subject to hydrolysis) is 1. The van der Waals surface area contributed by atoms with E-state index in [1.54, 1.807) is 0 Å². The lowest BCUT2D eigenvalue weighted by molar-refractivity contribution is 0.0564. The summed E-state index contributed by atoms with van der Waals surface area (Å²) in [4.78, 5) is 16.7. The Morgan fingerprint density at radius 1 is 1.36 bits per heavy atom. The van der Waals surface area contributed by atoms with Gasteiger partial charge in [0.15, 0.2) is 5.17 Å². The summed E-state index contributed by atoms with van der Waals surface area (Å²) in [6, 6.07) is 8.10. The number of hydrogen-bond donors (Lipinski definition) is 2. The van der Waals surface area contributed by atoms with Gasteiger partial charge in [-0.05, 0) is 57.6 Å². The summed E-state index contributed by atoms with van der Waals surface area (Å²) in [5, 5.41) is 3.34. The first-order valence-electron chi connectivity index (χ1n) is 8.69. The van der Waals surface area contributed by atoms with E-state index < -0.39 is 11.7 Å². The number of aliphatic imine (C=N–C) groups is 1. The Labute approximate surface area is 154 Å². The highest BCUT2D eigenvalue weighted by Crippen LogP contribution is 2.42. The third kappa shape index (κ3) is 5.66. The molecule has 1 aromatic rings. The monoisotopic (exact) mass is 363 g/mol. The number of ether oxygens (including phenoxy) is 1. The van der Waals surface area contributed by atoms with Crippen molar-refractivity contribution in [2.24, 2.45) is 4.99 Å². The standard InChI is InChI=1S/C19H29N3O2S/c1-18(2,3)24-17(23)22-16(25-4)21-13-19(10-5-6-11-19)14-8-7-9-15(20)12-14/h7-9,12H,5-6,10-11,13,20H2,1-4H3,(H,21,22,23). The minimum absolute atomic E-state index is 0.00592. The molecule has 25 heavy (non-hydrogen) atoms. The van der Waals surface area contributed by atoms with Gasteiger partial charge in [0.2, 0.25) is 0 Å². The predicted octanol–water partition coefficient (Wildman–Crippen LogP) is 4.32. The van der Waals surface area contributed by atoms with Gasteiger partial charge in [-0.2, -0.15) is 0 Å². The minimum atomic E-state index is -0.526. The van der Waals surface area contributed by atoms with Crippen molar-refractivity contribution in [3.05, 3.63) is 29.8 Å². The number of nitrogens with zero attached hydrogens (tertiary/aromatic N) is 1. The van der Waals surface area contributed by atoms with E-state index >= 15 is 0 Å². The van der Waals surface area contributed by atoms with Crippen molar-refractivity contribution in [2.45, 2.75) is 57.5 Å². The number of benzene rings is 1. The van der Waals surface area contributed by atoms with Gasteiger partial charge in [0.05, 0.1) is 6.54 Å². The average molecular weight is 364 g/mol. The Kier molecular flexibility index (Phi) is 6.38. The number of anilines is 1. The minimum Gasteiger partial charge on any atom is -0.444 e. The fraction of sp³-hybridized carbons (Fsp3) is 0.579. The van der Waals surface area contributed by atoms with E-state index in [9.17, 15) is 4.79 Å². The average Bonchev–Trinajstić information content (AvgIpc) is 3.00. The van der Waals surface area contributed by atoms with Gasteiger partial charge in [-0.15, -0.1) is 0 Å². The van der Waals surface area contributed by atoms with Gasteiger partial charge in [0.1, 0.15) is 5.60 Å². The van der Waals surface area contributed by atoms with Crippen LogP contribution in [0.4, 0.5) is 10.5 Å². The van der Waals surface area contributed by atoms with Gasteiger partial charge in [0, 0.05) is 11.1 Å². The molecule has 1 aliphatic carbocycles. The summed E-state index contributed by atoms with van der Waals surface area (Å²) in [7, 11) is 0. The number of nitrogens with two attached hydrogens (primary N) is 1. The molecule has 0 bridgehead atoms. The van der Waals surface area contributed by atoms with Crippen LogP contribution in [0.15, 0.2) is 29.3 Å². The molecular formula is C19H29N3O2S. The van der Waals surface area contributed by atoms with E-state index in [-0.39, 0.29) is 5.41 Å². The summed E-state index contributed by atoms with van der Waals surface area (Å²) in [5.74, 6) is 0. The summed E-state index contributed by atoms with van der Waals surface area (Å²) in [6.45, 7) is 6.17. The summed E-state index contributed by atoms with van der Waals surface area (Å²) < 4.78 is 5.31. The number of nitrogen functional groups attached to an aromatic ring is 1. The van der Waals surface area contributed by atoms with Gasteiger partial charge >= 0.3 is 6.09 Å². The Bertz CT molecular complexity index is 632. The highest BCUT2D eigenvalue weighted by molar-refractivity contribution is 8.13. The zero-order chi connectivity index (χ0) is 18.5. The third-order valence-electron chi connectivity index (χ3n) is 4.39. The zero-order valence-corrected chi connectivity index (χ0v) is 16.4. The van der Waals surface area contributed by atoms with Crippen LogP contribution in [0.1, 0.15) is 52.0 Å². The molecule has 6 heteroatoms. The molecule has 0 atom stereocenters. The maximum Gasteiger partial charge on any atom is 0.413 e. The smallest absolute Gasteiger partial charge is 0.413 e. The van der Waals surface area contributed by atoms with Crippen LogP contribution in [0, 0.1) is 0 Å². The van der Waals surface area contributed by atoms with Crippen molar-refractivity contribution in [3.63, 3.8) is 0 Å². The SMILES string of the molecule is CS/C(=N\CC1(c2cccc(N)c2)CCCC1)NC(=O)OC(C)(C)C. The largest absolute Gasteiger partial charge is 0.444 e. The summed E-state index contributed by atoms with van der Waals surface area (Å²) in [6.07, 6.45) is 6.00. The van der Waals surface area contributed by atoms with Gasteiger partial charge in [-0.3, -0.25) is 10.3 Å². The molecule has 5 nitrogen and oxygen atoms in total. The molecule has 1 amide bonds. The molecule has 3 N–H and O–H groups in total. The Balaban J connectivity index is 2.13. The quantitative estimate of drug-likeness (QED) is 0.476. The molecule has 0 saturated heterocycles. The summed E-state index contributed by atoms with van der Waals surface area (Å²) >= 11 is 1.42. The molecule has 0 radical (unpaired) electrons. The molecule has 0 spiro atoms. The van der Waals surface area contributed by atoms with Crippen molar-refractivity contribution in [3.8, 4) is 0 Å². The number of rotatable bonds is 3. The molecule has 2 rings (SSSR count). The van der Waals surface area contributed by atoms with E-state index in [1.165, 1.54) is 30.2 Å². The lowest BCUT2D eigenvalue weighted by Crippen LogP contribution is -2.36. The molecule has 1 fully saturated rings. The molecule has 138 valence electrons. The first-order valence-corrected chi connectivity index (χ1v) is 9.91. The number of nitrogens with one attached hydrogen (secondary N) is 1. The molecule has 1 aromatic carbocycles. The van der Waals surface area contributed by atoms with Crippen molar-refractivity contribution in [1.82, 2.24) is 5.32 Å². The van der Waals surface area contributed by atoms with E-state index in [0.29, 0.717) is 11.7 Å². The second-order valence-corrected chi connectivity index (χ2v) is 8.36. The maximum absolute atomic E-state index is 12.0. The van der Waals surface area contributed by atoms with Crippen molar-refractivity contribution < 1.29 is 9.53 Å². The van der Waals surface area contributed by atoms with E-state index in [0.717, 1.165) is 18.5 Å². The van der Waals surface area contributed by atoms with Crippen molar-refractivity contribution in [2.75, 3.05) is 18.5 Å². The lowest BCUT2D eigenvalue weighted by Gasteiger charge is -2.28. The Morgan fingerprint density at radius 3 is 2.60 bits per heavy atom. The molecule has 0 aromatic heterocycles. The van der Waals surface area contributed by atoms with Crippen LogP contribution in [-0.4, -0.2) is 29.7 Å². The summed E-state index contributed by atoms with van der Waals surface area (Å²) in [5.41, 5.74) is 7.48. The lowest BCUT2D eigenvalue weighted by atomic mass is 9.79. The maximum atomic E-state index is 12.0. The van der Waals surface area contributed by atoms with E-state index in [2.05, 4.69) is 17.4 Å². The molecule has 0 heterocycles. The topological polar surface area (TPSA) is 76.7 Å².